The van der Waals surface area contributed by atoms with Crippen molar-refractivity contribution in [3.63, 3.8) is 0 Å². The number of aliphatic hydroxyl groups excluding tert-OH is 1. The summed E-state index contributed by atoms with van der Waals surface area (Å²) in [5.41, 5.74) is 1.72. The summed E-state index contributed by atoms with van der Waals surface area (Å²) in [4.78, 5) is 8.93. The predicted octanol–water partition coefficient (Wildman–Crippen LogP) is 1.32. The number of rotatable bonds is 4. The van der Waals surface area contributed by atoms with Crippen LogP contribution in [0.4, 0.5) is 0 Å². The fourth-order valence-corrected chi connectivity index (χ4v) is 2.92. The number of hydrogen-bond acceptors (Lipinski definition) is 5. The van der Waals surface area contributed by atoms with Crippen molar-refractivity contribution < 1.29 is 9.52 Å². The molecular formula is C15H21N3O2. The molecule has 5 nitrogen and oxygen atoms in total. The predicted molar refractivity (Wildman–Crippen MR) is 77.4 cm³/mol. The van der Waals surface area contributed by atoms with Gasteiger partial charge in [-0.15, -0.1) is 0 Å². The SMILES string of the molecule is CN(C)CC1CC(O)CN1Cc1nc2ccccc2o1. The quantitative estimate of drug-likeness (QED) is 0.912. The van der Waals surface area contributed by atoms with Crippen LogP contribution in [0, 0.1) is 0 Å². The number of aromatic nitrogens is 1. The second kappa shape index (κ2) is 5.52. The van der Waals surface area contributed by atoms with E-state index in [2.05, 4.69) is 28.9 Å². The van der Waals surface area contributed by atoms with Crippen molar-refractivity contribution in [2.75, 3.05) is 27.2 Å². The third kappa shape index (κ3) is 2.85. The maximum Gasteiger partial charge on any atom is 0.209 e. The number of β-amino-alcohol motifs (C(OH)–C–C–N with tert-alkyl or cyclic N) is 1. The molecule has 108 valence electrons. The topological polar surface area (TPSA) is 52.7 Å². The van der Waals surface area contributed by atoms with Crippen LogP contribution in [0.1, 0.15) is 12.3 Å². The Morgan fingerprint density at radius 1 is 1.40 bits per heavy atom. The maximum absolute atomic E-state index is 9.89. The van der Waals surface area contributed by atoms with Crippen LogP contribution >= 0.6 is 0 Å². The molecule has 2 heterocycles. The van der Waals surface area contributed by atoms with Crippen LogP contribution in [-0.4, -0.2) is 59.2 Å². The monoisotopic (exact) mass is 275 g/mol. The van der Waals surface area contributed by atoms with E-state index in [4.69, 9.17) is 4.42 Å². The zero-order chi connectivity index (χ0) is 14.1. The molecule has 2 aromatic rings. The van der Waals surface area contributed by atoms with Gasteiger partial charge in [-0.3, -0.25) is 4.90 Å². The second-order valence-electron chi connectivity index (χ2n) is 5.81. The fourth-order valence-electron chi connectivity index (χ4n) is 2.92. The van der Waals surface area contributed by atoms with E-state index in [1.165, 1.54) is 0 Å². The smallest absolute Gasteiger partial charge is 0.209 e. The molecule has 2 unspecified atom stereocenters. The number of likely N-dealkylation sites (N-methyl/N-ethyl adjacent to an activating group) is 1. The van der Waals surface area contributed by atoms with Crippen molar-refractivity contribution in [2.24, 2.45) is 0 Å². The first-order valence-corrected chi connectivity index (χ1v) is 7.03. The van der Waals surface area contributed by atoms with Gasteiger partial charge >= 0.3 is 0 Å². The van der Waals surface area contributed by atoms with Gasteiger partial charge in [-0.05, 0) is 32.6 Å². The fraction of sp³-hybridized carbons (Fsp3) is 0.533. The molecule has 1 aliphatic rings. The van der Waals surface area contributed by atoms with Gasteiger partial charge in [0, 0.05) is 19.1 Å². The molecule has 20 heavy (non-hydrogen) atoms. The first-order chi connectivity index (χ1) is 9.61. The summed E-state index contributed by atoms with van der Waals surface area (Å²) in [6.07, 6.45) is 0.572. The summed E-state index contributed by atoms with van der Waals surface area (Å²) in [7, 11) is 4.12. The van der Waals surface area contributed by atoms with E-state index in [0.717, 1.165) is 30.0 Å². The van der Waals surface area contributed by atoms with Gasteiger partial charge in [0.15, 0.2) is 5.58 Å². The number of para-hydroxylation sites is 2. The highest BCUT2D eigenvalue weighted by molar-refractivity contribution is 5.72. The van der Waals surface area contributed by atoms with Gasteiger partial charge in [0.2, 0.25) is 5.89 Å². The molecule has 0 radical (unpaired) electrons. The lowest BCUT2D eigenvalue weighted by molar-refractivity contribution is 0.162. The first kappa shape index (κ1) is 13.5. The molecule has 0 aliphatic carbocycles. The Morgan fingerprint density at radius 2 is 2.20 bits per heavy atom. The highest BCUT2D eigenvalue weighted by Crippen LogP contribution is 2.22. The molecule has 0 saturated carbocycles. The van der Waals surface area contributed by atoms with Crippen LogP contribution in [0.2, 0.25) is 0 Å². The minimum absolute atomic E-state index is 0.246. The average molecular weight is 275 g/mol. The third-order valence-corrected chi connectivity index (χ3v) is 3.76. The van der Waals surface area contributed by atoms with Crippen molar-refractivity contribution in [1.82, 2.24) is 14.8 Å². The number of benzene rings is 1. The zero-order valence-electron chi connectivity index (χ0n) is 12.0. The summed E-state index contributed by atoms with van der Waals surface area (Å²) in [5, 5.41) is 9.89. The highest BCUT2D eigenvalue weighted by Gasteiger charge is 2.32. The Bertz CT molecular complexity index is 548. The summed E-state index contributed by atoms with van der Waals surface area (Å²) in [6.45, 7) is 2.29. The molecular weight excluding hydrogens is 254 g/mol. The van der Waals surface area contributed by atoms with Crippen LogP contribution < -0.4 is 0 Å². The molecule has 0 bridgehead atoms. The van der Waals surface area contributed by atoms with E-state index in [0.29, 0.717) is 19.1 Å². The highest BCUT2D eigenvalue weighted by atomic mass is 16.3. The minimum Gasteiger partial charge on any atom is -0.439 e. The summed E-state index contributed by atoms with van der Waals surface area (Å²) >= 11 is 0. The van der Waals surface area contributed by atoms with Gasteiger partial charge in [0.1, 0.15) is 5.52 Å². The van der Waals surface area contributed by atoms with E-state index in [-0.39, 0.29) is 6.10 Å². The Balaban J connectivity index is 1.75. The average Bonchev–Trinajstić information content (AvgIpc) is 2.92. The Labute approximate surface area is 118 Å². The van der Waals surface area contributed by atoms with Gasteiger partial charge < -0.3 is 14.4 Å². The minimum atomic E-state index is -0.246. The Morgan fingerprint density at radius 3 is 2.95 bits per heavy atom. The van der Waals surface area contributed by atoms with E-state index < -0.39 is 0 Å². The molecule has 1 aliphatic heterocycles. The van der Waals surface area contributed by atoms with E-state index >= 15 is 0 Å². The second-order valence-corrected chi connectivity index (χ2v) is 5.81. The molecule has 1 aromatic carbocycles. The molecule has 5 heteroatoms. The third-order valence-electron chi connectivity index (χ3n) is 3.76. The van der Waals surface area contributed by atoms with Crippen LogP contribution in [0.3, 0.4) is 0 Å². The Hall–Kier alpha value is -1.43. The lowest BCUT2D eigenvalue weighted by Gasteiger charge is -2.25. The van der Waals surface area contributed by atoms with Crippen molar-refractivity contribution in [3.05, 3.63) is 30.2 Å². The largest absolute Gasteiger partial charge is 0.439 e. The van der Waals surface area contributed by atoms with Crippen LogP contribution in [-0.2, 0) is 6.54 Å². The summed E-state index contributed by atoms with van der Waals surface area (Å²) in [5.74, 6) is 0.726. The van der Waals surface area contributed by atoms with Gasteiger partial charge in [-0.25, -0.2) is 4.98 Å². The van der Waals surface area contributed by atoms with Gasteiger partial charge in [0.25, 0.3) is 0 Å². The number of oxazole rings is 1. The normalized spacial score (nSPS) is 24.0. The van der Waals surface area contributed by atoms with Gasteiger partial charge in [0.05, 0.1) is 12.6 Å². The molecule has 3 rings (SSSR count). The number of hydrogen-bond donors (Lipinski definition) is 1. The molecule has 1 N–H and O–H groups in total. The lowest BCUT2D eigenvalue weighted by atomic mass is 10.2. The molecule has 1 fully saturated rings. The van der Waals surface area contributed by atoms with Gasteiger partial charge in [-0.1, -0.05) is 12.1 Å². The van der Waals surface area contributed by atoms with Crippen molar-refractivity contribution in [1.29, 1.82) is 0 Å². The van der Waals surface area contributed by atoms with Crippen molar-refractivity contribution >= 4 is 11.1 Å². The maximum atomic E-state index is 9.89. The molecule has 1 saturated heterocycles. The Kier molecular flexibility index (Phi) is 3.74. The van der Waals surface area contributed by atoms with Gasteiger partial charge in [-0.2, -0.15) is 0 Å². The standard InChI is InChI=1S/C15H21N3O2/c1-17(2)8-11-7-12(19)9-18(11)10-15-16-13-5-3-4-6-14(13)20-15/h3-6,11-12,19H,7-10H2,1-2H3. The van der Waals surface area contributed by atoms with Crippen molar-refractivity contribution in [3.8, 4) is 0 Å². The molecule has 0 amide bonds. The summed E-state index contributed by atoms with van der Waals surface area (Å²) in [6, 6.07) is 8.16. The van der Waals surface area contributed by atoms with Crippen LogP contribution in [0.25, 0.3) is 11.1 Å². The molecule has 2 atom stereocenters. The first-order valence-electron chi connectivity index (χ1n) is 7.03. The number of nitrogens with zero attached hydrogens (tertiary/aromatic N) is 3. The van der Waals surface area contributed by atoms with E-state index in [1.807, 2.05) is 24.3 Å². The molecule has 1 aromatic heterocycles. The number of aliphatic hydroxyl groups is 1. The van der Waals surface area contributed by atoms with Crippen LogP contribution in [0.15, 0.2) is 28.7 Å². The van der Waals surface area contributed by atoms with Crippen LogP contribution in [0.5, 0.6) is 0 Å². The number of fused-ring (bicyclic) bond motifs is 1. The molecule has 0 spiro atoms. The number of likely N-dealkylation sites (tertiary alicyclic amines) is 1. The zero-order valence-corrected chi connectivity index (χ0v) is 12.0. The lowest BCUT2D eigenvalue weighted by Crippen LogP contribution is -2.37. The van der Waals surface area contributed by atoms with Crippen molar-refractivity contribution in [2.45, 2.75) is 25.1 Å². The van der Waals surface area contributed by atoms with E-state index in [9.17, 15) is 5.11 Å². The summed E-state index contributed by atoms with van der Waals surface area (Å²) < 4.78 is 5.77. The van der Waals surface area contributed by atoms with E-state index in [1.54, 1.807) is 0 Å².